The highest BCUT2D eigenvalue weighted by Gasteiger charge is 2.08. The van der Waals surface area contributed by atoms with Gasteiger partial charge in [0.05, 0.1) is 12.2 Å². The zero-order valence-electron chi connectivity index (χ0n) is 11.8. The van der Waals surface area contributed by atoms with Gasteiger partial charge in [-0.25, -0.2) is 9.07 Å². The van der Waals surface area contributed by atoms with E-state index in [1.165, 1.54) is 17.7 Å². The third kappa shape index (κ3) is 2.94. The Morgan fingerprint density at radius 1 is 1.05 bits per heavy atom. The molecule has 1 heterocycles. The topological polar surface area (TPSA) is 43.8 Å². The highest BCUT2D eigenvalue weighted by atomic mass is 19.1. The van der Waals surface area contributed by atoms with Gasteiger partial charge in [-0.3, -0.25) is 0 Å². The first-order chi connectivity index (χ1) is 10.1. The number of rotatable bonds is 3. The van der Waals surface area contributed by atoms with Crippen LogP contribution in [-0.4, -0.2) is 9.78 Å². The second-order valence-electron chi connectivity index (χ2n) is 5.10. The summed E-state index contributed by atoms with van der Waals surface area (Å²) in [5.74, 6) is 0.334. The van der Waals surface area contributed by atoms with Crippen LogP contribution in [0.2, 0.25) is 0 Å². The van der Waals surface area contributed by atoms with Crippen LogP contribution in [0.5, 0.6) is 0 Å². The molecular formula is C17H16FN3. The highest BCUT2D eigenvalue weighted by molar-refractivity contribution is 5.62. The van der Waals surface area contributed by atoms with Crippen LogP contribution in [0.1, 0.15) is 11.1 Å². The van der Waals surface area contributed by atoms with E-state index in [0.717, 1.165) is 16.8 Å². The maximum Gasteiger partial charge on any atom is 0.123 e. The normalized spacial score (nSPS) is 10.8. The van der Waals surface area contributed by atoms with Crippen molar-refractivity contribution in [1.29, 1.82) is 0 Å². The summed E-state index contributed by atoms with van der Waals surface area (Å²) in [7, 11) is 0. The average molecular weight is 281 g/mol. The second-order valence-corrected chi connectivity index (χ2v) is 5.10. The molecule has 106 valence electrons. The quantitative estimate of drug-likeness (QED) is 0.796. The molecule has 0 amide bonds. The smallest absolute Gasteiger partial charge is 0.123 e. The molecule has 0 saturated carbocycles. The minimum absolute atomic E-state index is 0.259. The van der Waals surface area contributed by atoms with Crippen molar-refractivity contribution in [3.05, 3.63) is 71.5 Å². The molecule has 2 aromatic carbocycles. The van der Waals surface area contributed by atoms with Crippen molar-refractivity contribution in [3.8, 4) is 11.3 Å². The molecule has 3 rings (SSSR count). The van der Waals surface area contributed by atoms with Gasteiger partial charge in [0.15, 0.2) is 0 Å². The number of halogens is 1. The third-order valence-electron chi connectivity index (χ3n) is 3.40. The Hall–Kier alpha value is -2.62. The Morgan fingerprint density at radius 2 is 1.71 bits per heavy atom. The summed E-state index contributed by atoms with van der Waals surface area (Å²) in [6.07, 6.45) is 0. The van der Waals surface area contributed by atoms with Gasteiger partial charge in [-0.15, -0.1) is 0 Å². The number of nitrogens with zero attached hydrogens (tertiary/aromatic N) is 2. The predicted molar refractivity (Wildman–Crippen MR) is 82.3 cm³/mol. The van der Waals surface area contributed by atoms with E-state index < -0.39 is 0 Å². The molecule has 4 heteroatoms. The van der Waals surface area contributed by atoms with Crippen molar-refractivity contribution in [3.63, 3.8) is 0 Å². The largest absolute Gasteiger partial charge is 0.384 e. The molecule has 0 aliphatic rings. The SMILES string of the molecule is Cc1ccc(Cn2nc(-c3ccc(F)cc3)cc2N)cc1. The molecule has 0 radical (unpaired) electrons. The molecule has 0 bridgehead atoms. The third-order valence-corrected chi connectivity index (χ3v) is 3.40. The zero-order chi connectivity index (χ0) is 14.8. The number of aromatic nitrogens is 2. The van der Waals surface area contributed by atoms with Crippen molar-refractivity contribution in [2.24, 2.45) is 0 Å². The van der Waals surface area contributed by atoms with E-state index in [0.29, 0.717) is 12.4 Å². The van der Waals surface area contributed by atoms with Gasteiger partial charge in [-0.1, -0.05) is 29.8 Å². The fraction of sp³-hybridized carbons (Fsp3) is 0.118. The van der Waals surface area contributed by atoms with Crippen molar-refractivity contribution >= 4 is 5.82 Å². The molecule has 0 aliphatic heterocycles. The number of anilines is 1. The van der Waals surface area contributed by atoms with Crippen molar-refractivity contribution in [2.75, 3.05) is 5.73 Å². The summed E-state index contributed by atoms with van der Waals surface area (Å²) in [5, 5.41) is 4.50. The summed E-state index contributed by atoms with van der Waals surface area (Å²) in [6.45, 7) is 2.67. The zero-order valence-corrected chi connectivity index (χ0v) is 11.8. The number of hydrogen-bond acceptors (Lipinski definition) is 2. The number of aryl methyl sites for hydroxylation is 1. The van der Waals surface area contributed by atoms with Crippen molar-refractivity contribution < 1.29 is 4.39 Å². The van der Waals surface area contributed by atoms with E-state index in [1.807, 2.05) is 0 Å². The predicted octanol–water partition coefficient (Wildman–Crippen LogP) is 3.63. The van der Waals surface area contributed by atoms with Crippen LogP contribution in [0.15, 0.2) is 54.6 Å². The van der Waals surface area contributed by atoms with Crippen LogP contribution in [0.3, 0.4) is 0 Å². The molecule has 3 nitrogen and oxygen atoms in total. The van der Waals surface area contributed by atoms with Crippen LogP contribution in [0, 0.1) is 12.7 Å². The minimum atomic E-state index is -0.259. The van der Waals surface area contributed by atoms with Crippen molar-refractivity contribution in [2.45, 2.75) is 13.5 Å². The fourth-order valence-electron chi connectivity index (χ4n) is 2.19. The van der Waals surface area contributed by atoms with Gasteiger partial charge in [-0.2, -0.15) is 5.10 Å². The molecule has 0 spiro atoms. The number of hydrogen-bond donors (Lipinski definition) is 1. The maximum atomic E-state index is 13.0. The Kier molecular flexibility index (Phi) is 3.44. The molecule has 21 heavy (non-hydrogen) atoms. The molecule has 0 unspecified atom stereocenters. The Bertz CT molecular complexity index is 743. The van der Waals surface area contributed by atoms with E-state index in [9.17, 15) is 4.39 Å². The van der Waals surface area contributed by atoms with Crippen molar-refractivity contribution in [1.82, 2.24) is 9.78 Å². The van der Waals surface area contributed by atoms with Gasteiger partial charge in [0, 0.05) is 11.6 Å². The lowest BCUT2D eigenvalue weighted by molar-refractivity contribution is 0.628. The van der Waals surface area contributed by atoms with Gasteiger partial charge in [0.2, 0.25) is 0 Å². The van der Waals surface area contributed by atoms with Gasteiger partial charge in [0.25, 0.3) is 0 Å². The van der Waals surface area contributed by atoms with Gasteiger partial charge < -0.3 is 5.73 Å². The first kappa shape index (κ1) is 13.4. The lowest BCUT2D eigenvalue weighted by atomic mass is 10.1. The monoisotopic (exact) mass is 281 g/mol. The highest BCUT2D eigenvalue weighted by Crippen LogP contribution is 2.21. The number of benzene rings is 2. The number of nitrogens with two attached hydrogens (primary N) is 1. The van der Waals surface area contributed by atoms with Crippen LogP contribution in [-0.2, 0) is 6.54 Å². The Balaban J connectivity index is 1.87. The van der Waals surface area contributed by atoms with E-state index >= 15 is 0 Å². The average Bonchev–Trinajstić information content (AvgIpc) is 2.83. The molecule has 2 N–H and O–H groups in total. The maximum absolute atomic E-state index is 13.0. The molecule has 3 aromatic rings. The standard InChI is InChI=1S/C17H16FN3/c1-12-2-4-13(5-3-12)11-21-17(19)10-16(20-21)14-6-8-15(18)9-7-14/h2-10H,11,19H2,1H3. The summed E-state index contributed by atoms with van der Waals surface area (Å²) in [5.41, 5.74) is 9.98. The van der Waals surface area contributed by atoms with E-state index in [2.05, 4.69) is 36.3 Å². The summed E-state index contributed by atoms with van der Waals surface area (Å²) in [6, 6.07) is 16.3. The summed E-state index contributed by atoms with van der Waals surface area (Å²) >= 11 is 0. The molecular weight excluding hydrogens is 265 g/mol. The van der Waals surface area contributed by atoms with Gasteiger partial charge >= 0.3 is 0 Å². The molecule has 0 fully saturated rings. The first-order valence-corrected chi connectivity index (χ1v) is 6.76. The van der Waals surface area contributed by atoms with Gasteiger partial charge in [0.1, 0.15) is 11.6 Å². The number of nitrogen functional groups attached to an aromatic ring is 1. The summed E-state index contributed by atoms with van der Waals surface area (Å²) < 4.78 is 14.7. The lowest BCUT2D eigenvalue weighted by Gasteiger charge is -2.04. The Morgan fingerprint density at radius 3 is 2.38 bits per heavy atom. The molecule has 0 aliphatic carbocycles. The van der Waals surface area contributed by atoms with Crippen LogP contribution in [0.4, 0.5) is 10.2 Å². The van der Waals surface area contributed by atoms with E-state index in [4.69, 9.17) is 5.73 Å². The Labute approximate surface area is 122 Å². The first-order valence-electron chi connectivity index (χ1n) is 6.76. The molecule has 1 aromatic heterocycles. The van der Waals surface area contributed by atoms with Crippen LogP contribution in [0.25, 0.3) is 11.3 Å². The van der Waals surface area contributed by atoms with Crippen LogP contribution >= 0.6 is 0 Å². The van der Waals surface area contributed by atoms with E-state index in [1.54, 1.807) is 22.9 Å². The fourth-order valence-corrected chi connectivity index (χ4v) is 2.19. The van der Waals surface area contributed by atoms with Gasteiger partial charge in [-0.05, 0) is 36.8 Å². The summed E-state index contributed by atoms with van der Waals surface area (Å²) in [4.78, 5) is 0. The second kappa shape index (κ2) is 5.40. The van der Waals surface area contributed by atoms with Crippen LogP contribution < -0.4 is 5.73 Å². The molecule has 0 atom stereocenters. The molecule has 0 saturated heterocycles. The lowest BCUT2D eigenvalue weighted by Crippen LogP contribution is -2.05. The van der Waals surface area contributed by atoms with E-state index in [-0.39, 0.29) is 5.82 Å². The minimum Gasteiger partial charge on any atom is -0.384 e.